The normalized spacial score (nSPS) is 17.2. The molecule has 0 bridgehead atoms. The number of hydrogen-bond acceptors (Lipinski definition) is 4. The van der Waals surface area contributed by atoms with Crippen molar-refractivity contribution in [1.29, 1.82) is 0 Å². The summed E-state index contributed by atoms with van der Waals surface area (Å²) in [5, 5.41) is 4.97. The number of nitrogens with two attached hydrogens (primary N) is 1. The lowest BCUT2D eigenvalue weighted by Gasteiger charge is -2.31. The van der Waals surface area contributed by atoms with E-state index >= 15 is 0 Å². The largest absolute Gasteiger partial charge is 0.338 e. The van der Waals surface area contributed by atoms with E-state index in [4.69, 9.17) is 5.73 Å². The lowest BCUT2D eigenvalue weighted by Crippen LogP contribution is -2.46. The Morgan fingerprint density at radius 3 is 2.58 bits per heavy atom. The first-order valence-electron chi connectivity index (χ1n) is 7.15. The first-order chi connectivity index (χ1) is 9.15. The Bertz CT molecular complexity index is 288. The maximum Gasteiger partial charge on any atom is 0.321 e. The first kappa shape index (κ1) is 15.9. The molecule has 0 saturated carbocycles. The molecule has 0 aromatic heterocycles. The Hall–Kier alpha value is -1.14. The molecule has 0 spiro atoms. The highest BCUT2D eigenvalue weighted by Gasteiger charge is 2.20. The molecule has 6 nitrogen and oxygen atoms in total. The van der Waals surface area contributed by atoms with Crippen LogP contribution in [-0.4, -0.2) is 49.6 Å². The van der Waals surface area contributed by atoms with Gasteiger partial charge in [0.2, 0.25) is 5.91 Å². The van der Waals surface area contributed by atoms with E-state index in [0.717, 1.165) is 45.3 Å². The highest BCUT2D eigenvalue weighted by Crippen LogP contribution is 2.19. The molecule has 0 radical (unpaired) electrons. The van der Waals surface area contributed by atoms with Crippen molar-refractivity contribution < 1.29 is 9.59 Å². The number of amides is 3. The Balaban J connectivity index is 2.17. The molecular formula is C13H26N4O2. The predicted octanol–water partition coefficient (Wildman–Crippen LogP) is 0.283. The second-order valence-corrected chi connectivity index (χ2v) is 5.10. The number of imide groups is 1. The zero-order valence-electron chi connectivity index (χ0n) is 11.8. The maximum atomic E-state index is 11.7. The van der Waals surface area contributed by atoms with Gasteiger partial charge in [0.1, 0.15) is 0 Å². The van der Waals surface area contributed by atoms with Crippen LogP contribution in [0.5, 0.6) is 0 Å². The van der Waals surface area contributed by atoms with Crippen molar-refractivity contribution in [3.05, 3.63) is 0 Å². The molecule has 0 aliphatic carbocycles. The smallest absolute Gasteiger partial charge is 0.321 e. The number of nitrogens with one attached hydrogen (secondary N) is 2. The van der Waals surface area contributed by atoms with Crippen LogP contribution in [0.25, 0.3) is 0 Å². The quantitative estimate of drug-likeness (QED) is 0.647. The van der Waals surface area contributed by atoms with E-state index in [1.807, 2.05) is 6.92 Å². The zero-order chi connectivity index (χ0) is 14.1. The van der Waals surface area contributed by atoms with Crippen LogP contribution in [-0.2, 0) is 4.79 Å². The van der Waals surface area contributed by atoms with E-state index in [9.17, 15) is 9.59 Å². The van der Waals surface area contributed by atoms with Gasteiger partial charge < -0.3 is 11.1 Å². The van der Waals surface area contributed by atoms with Crippen LogP contribution in [0.15, 0.2) is 0 Å². The minimum Gasteiger partial charge on any atom is -0.338 e. The van der Waals surface area contributed by atoms with E-state index in [1.54, 1.807) is 0 Å². The van der Waals surface area contributed by atoms with Gasteiger partial charge in [-0.15, -0.1) is 0 Å². The average molecular weight is 270 g/mol. The fourth-order valence-corrected chi connectivity index (χ4v) is 2.32. The molecule has 3 amide bonds. The maximum absolute atomic E-state index is 11.7. The third kappa shape index (κ3) is 6.54. The summed E-state index contributed by atoms with van der Waals surface area (Å²) in [6, 6.07) is -0.398. The highest BCUT2D eigenvalue weighted by atomic mass is 16.2. The number of nitrogens with zero attached hydrogens (tertiary/aromatic N) is 1. The van der Waals surface area contributed by atoms with Crippen LogP contribution >= 0.6 is 0 Å². The standard InChI is InChI=1S/C13H26N4O2/c1-2-7-15-13(19)16-12(18)10-17-8-4-11(3-6-14)5-9-17/h11H,2-10,14H2,1H3,(H2,15,16,18,19). The van der Waals surface area contributed by atoms with Crippen LogP contribution in [0.1, 0.15) is 32.6 Å². The average Bonchev–Trinajstić information content (AvgIpc) is 2.39. The molecule has 1 aliphatic rings. The van der Waals surface area contributed by atoms with Gasteiger partial charge in [-0.05, 0) is 51.2 Å². The number of carbonyl (C=O) groups is 2. The lowest BCUT2D eigenvalue weighted by molar-refractivity contribution is -0.121. The van der Waals surface area contributed by atoms with E-state index in [0.29, 0.717) is 19.0 Å². The number of rotatable bonds is 6. The van der Waals surface area contributed by atoms with Crippen LogP contribution in [0.4, 0.5) is 4.79 Å². The molecule has 0 aromatic carbocycles. The molecule has 0 atom stereocenters. The van der Waals surface area contributed by atoms with Crippen molar-refractivity contribution in [1.82, 2.24) is 15.5 Å². The molecular weight excluding hydrogens is 244 g/mol. The lowest BCUT2D eigenvalue weighted by atomic mass is 9.94. The molecule has 1 fully saturated rings. The Morgan fingerprint density at radius 2 is 2.00 bits per heavy atom. The summed E-state index contributed by atoms with van der Waals surface area (Å²) in [5.74, 6) is 0.461. The molecule has 0 aromatic rings. The number of likely N-dealkylation sites (tertiary alicyclic amines) is 1. The second kappa shape index (κ2) is 8.87. The number of hydrogen-bond donors (Lipinski definition) is 3. The summed E-state index contributed by atoms with van der Waals surface area (Å²) in [5.41, 5.74) is 5.55. The van der Waals surface area contributed by atoms with E-state index < -0.39 is 6.03 Å². The first-order valence-corrected chi connectivity index (χ1v) is 7.15. The van der Waals surface area contributed by atoms with E-state index in [2.05, 4.69) is 15.5 Å². The van der Waals surface area contributed by atoms with Gasteiger partial charge in [0.25, 0.3) is 0 Å². The van der Waals surface area contributed by atoms with Gasteiger partial charge in [0.15, 0.2) is 0 Å². The van der Waals surface area contributed by atoms with Gasteiger partial charge in [-0.25, -0.2) is 4.79 Å². The summed E-state index contributed by atoms with van der Waals surface area (Å²) in [4.78, 5) is 25.1. The van der Waals surface area contributed by atoms with Gasteiger partial charge in [-0.2, -0.15) is 0 Å². The van der Waals surface area contributed by atoms with E-state index in [1.165, 1.54) is 0 Å². The topological polar surface area (TPSA) is 87.5 Å². The molecule has 19 heavy (non-hydrogen) atoms. The highest BCUT2D eigenvalue weighted by molar-refractivity contribution is 5.95. The van der Waals surface area contributed by atoms with Gasteiger partial charge >= 0.3 is 6.03 Å². The minimum atomic E-state index is -0.398. The third-order valence-corrected chi connectivity index (χ3v) is 3.44. The van der Waals surface area contributed by atoms with Crippen LogP contribution in [0.2, 0.25) is 0 Å². The summed E-state index contributed by atoms with van der Waals surface area (Å²) in [7, 11) is 0. The van der Waals surface area contributed by atoms with Crippen LogP contribution in [0.3, 0.4) is 0 Å². The minimum absolute atomic E-state index is 0.231. The summed E-state index contributed by atoms with van der Waals surface area (Å²) in [6.45, 7) is 5.41. The predicted molar refractivity (Wildman–Crippen MR) is 74.7 cm³/mol. The van der Waals surface area contributed by atoms with Crippen molar-refractivity contribution >= 4 is 11.9 Å². The Labute approximate surface area is 115 Å². The summed E-state index contributed by atoms with van der Waals surface area (Å²) < 4.78 is 0. The number of urea groups is 1. The molecule has 0 unspecified atom stereocenters. The molecule has 1 saturated heterocycles. The molecule has 1 heterocycles. The van der Waals surface area contributed by atoms with Crippen molar-refractivity contribution in [2.24, 2.45) is 11.7 Å². The van der Waals surface area contributed by atoms with Gasteiger partial charge in [-0.3, -0.25) is 15.0 Å². The van der Waals surface area contributed by atoms with Gasteiger partial charge in [-0.1, -0.05) is 6.92 Å². The molecule has 1 rings (SSSR count). The summed E-state index contributed by atoms with van der Waals surface area (Å²) in [6.07, 6.45) is 4.11. The van der Waals surface area contributed by atoms with Crippen molar-refractivity contribution in [3.63, 3.8) is 0 Å². The fraction of sp³-hybridized carbons (Fsp3) is 0.846. The third-order valence-electron chi connectivity index (χ3n) is 3.44. The van der Waals surface area contributed by atoms with Crippen molar-refractivity contribution in [3.8, 4) is 0 Å². The Kier molecular flexibility index (Phi) is 7.43. The van der Waals surface area contributed by atoms with Crippen molar-refractivity contribution in [2.75, 3.05) is 32.7 Å². The molecule has 1 aliphatic heterocycles. The number of piperidine rings is 1. The molecule has 4 N–H and O–H groups in total. The van der Waals surface area contributed by atoms with E-state index in [-0.39, 0.29) is 5.91 Å². The van der Waals surface area contributed by atoms with Crippen LogP contribution in [0, 0.1) is 5.92 Å². The van der Waals surface area contributed by atoms with Crippen LogP contribution < -0.4 is 16.4 Å². The zero-order valence-corrected chi connectivity index (χ0v) is 11.8. The Morgan fingerprint density at radius 1 is 1.32 bits per heavy atom. The van der Waals surface area contributed by atoms with Gasteiger partial charge in [0.05, 0.1) is 6.54 Å². The number of carbonyl (C=O) groups excluding carboxylic acids is 2. The van der Waals surface area contributed by atoms with Gasteiger partial charge in [0, 0.05) is 6.54 Å². The molecule has 6 heteroatoms. The summed E-state index contributed by atoms with van der Waals surface area (Å²) >= 11 is 0. The monoisotopic (exact) mass is 270 g/mol. The molecule has 110 valence electrons. The van der Waals surface area contributed by atoms with Crippen molar-refractivity contribution in [2.45, 2.75) is 32.6 Å². The fourth-order valence-electron chi connectivity index (χ4n) is 2.32. The second-order valence-electron chi connectivity index (χ2n) is 5.10. The SMILES string of the molecule is CCCNC(=O)NC(=O)CN1CCC(CCN)CC1.